The molecule has 0 saturated carbocycles. The van der Waals surface area contributed by atoms with Gasteiger partial charge < -0.3 is 20.1 Å². The van der Waals surface area contributed by atoms with Crippen molar-refractivity contribution in [2.75, 3.05) is 6.61 Å². The van der Waals surface area contributed by atoms with Crippen LogP contribution in [0.2, 0.25) is 0 Å². The van der Waals surface area contributed by atoms with Gasteiger partial charge in [-0.1, -0.05) is 17.7 Å². The highest BCUT2D eigenvalue weighted by Gasteiger charge is 2.33. The number of allylic oxidation sites excluding steroid dienone is 2. The van der Waals surface area contributed by atoms with Gasteiger partial charge in [-0.15, -0.1) is 0 Å². The summed E-state index contributed by atoms with van der Waals surface area (Å²) in [6, 6.07) is 7.19. The minimum absolute atomic E-state index is 0.0649. The fraction of sp³-hybridized carbons (Fsp3) is 0.250. The number of hydrogen-bond donors (Lipinski definition) is 3. The zero-order valence-electron chi connectivity index (χ0n) is 14.1. The van der Waals surface area contributed by atoms with Crippen LogP contribution in [0.5, 0.6) is 23.0 Å². The minimum Gasteiger partial charge on any atom is -0.508 e. The summed E-state index contributed by atoms with van der Waals surface area (Å²) >= 11 is 0. The van der Waals surface area contributed by atoms with E-state index in [4.69, 9.17) is 4.74 Å². The largest absolute Gasteiger partial charge is 0.508 e. The van der Waals surface area contributed by atoms with Gasteiger partial charge in [-0.2, -0.15) is 0 Å². The van der Waals surface area contributed by atoms with Crippen molar-refractivity contribution in [3.8, 4) is 23.0 Å². The Morgan fingerprint density at radius 2 is 1.92 bits per heavy atom. The number of phenols is 3. The molecule has 1 aliphatic heterocycles. The summed E-state index contributed by atoms with van der Waals surface area (Å²) in [6.07, 6.45) is 2.43. The van der Waals surface area contributed by atoms with Crippen LogP contribution in [0.4, 0.5) is 0 Å². The van der Waals surface area contributed by atoms with Crippen molar-refractivity contribution in [3.05, 3.63) is 58.7 Å². The maximum atomic E-state index is 12.9. The summed E-state index contributed by atoms with van der Waals surface area (Å²) in [5.41, 5.74) is 2.48. The van der Waals surface area contributed by atoms with E-state index >= 15 is 0 Å². The van der Waals surface area contributed by atoms with Crippen LogP contribution in [-0.4, -0.2) is 27.7 Å². The average Bonchev–Trinajstić information content (AvgIpc) is 2.55. The number of rotatable bonds is 3. The van der Waals surface area contributed by atoms with E-state index in [-0.39, 0.29) is 29.6 Å². The Kier molecular flexibility index (Phi) is 4.40. The second-order valence-corrected chi connectivity index (χ2v) is 6.40. The molecule has 0 aliphatic carbocycles. The molecule has 3 rings (SSSR count). The first-order valence-corrected chi connectivity index (χ1v) is 8.05. The van der Waals surface area contributed by atoms with E-state index in [0.717, 1.165) is 5.57 Å². The fourth-order valence-corrected chi connectivity index (χ4v) is 2.97. The highest BCUT2D eigenvalue weighted by Crippen LogP contribution is 2.41. The molecule has 0 amide bonds. The highest BCUT2D eigenvalue weighted by atomic mass is 16.5. The van der Waals surface area contributed by atoms with Crippen molar-refractivity contribution in [1.29, 1.82) is 0 Å². The van der Waals surface area contributed by atoms with Crippen LogP contribution in [0.25, 0.3) is 0 Å². The Hall–Kier alpha value is -2.95. The molecule has 2 aromatic rings. The Morgan fingerprint density at radius 3 is 2.60 bits per heavy atom. The number of Topliss-reactive ketones (excluding diaryl/α,β-unsaturated/α-hetero) is 1. The molecular formula is C20H20O5. The van der Waals surface area contributed by atoms with Gasteiger partial charge in [0.05, 0.1) is 11.5 Å². The summed E-state index contributed by atoms with van der Waals surface area (Å²) < 4.78 is 5.81. The van der Waals surface area contributed by atoms with Crippen LogP contribution < -0.4 is 4.74 Å². The lowest BCUT2D eigenvalue weighted by Crippen LogP contribution is -2.26. The number of aromatic hydroxyl groups is 3. The number of phenolic OH excluding ortho intramolecular Hbond substituents is 3. The standard InChI is InChI=1S/C20H20O5/c1-11(2)3-5-14-17(22)8-7-15-19(24)16(10-25-20(14)15)13-6-4-12(21)9-18(13)23/h3-4,6-9,16,21-23H,5,10H2,1-2H3/t16-/m0/s1. The molecule has 0 aromatic heterocycles. The molecule has 25 heavy (non-hydrogen) atoms. The van der Waals surface area contributed by atoms with Gasteiger partial charge in [0.2, 0.25) is 0 Å². The number of hydrogen-bond acceptors (Lipinski definition) is 5. The zero-order chi connectivity index (χ0) is 18.1. The minimum atomic E-state index is -0.658. The summed E-state index contributed by atoms with van der Waals surface area (Å²) in [7, 11) is 0. The average molecular weight is 340 g/mol. The molecule has 0 spiro atoms. The summed E-state index contributed by atoms with van der Waals surface area (Å²) in [5.74, 6) is -0.560. The molecule has 2 aromatic carbocycles. The number of fused-ring (bicyclic) bond motifs is 1. The Balaban J connectivity index is 2.01. The van der Waals surface area contributed by atoms with Gasteiger partial charge in [-0.25, -0.2) is 0 Å². The summed E-state index contributed by atoms with van der Waals surface area (Å²) in [6.45, 7) is 3.99. The number of ketones is 1. The van der Waals surface area contributed by atoms with Gasteiger partial charge in [-0.05, 0) is 38.5 Å². The SMILES string of the molecule is CC(C)=CCc1c(O)ccc2c1OC[C@@H](c1ccc(O)cc1O)C2=O. The third-order valence-corrected chi connectivity index (χ3v) is 4.32. The van der Waals surface area contributed by atoms with Crippen molar-refractivity contribution in [1.82, 2.24) is 0 Å². The number of carbonyl (C=O) groups is 1. The van der Waals surface area contributed by atoms with E-state index in [1.807, 2.05) is 19.9 Å². The van der Waals surface area contributed by atoms with Crippen LogP contribution in [0, 0.1) is 0 Å². The molecule has 5 nitrogen and oxygen atoms in total. The first-order chi connectivity index (χ1) is 11.9. The quantitative estimate of drug-likeness (QED) is 0.742. The number of benzene rings is 2. The number of ether oxygens (including phenoxy) is 1. The van der Waals surface area contributed by atoms with Crippen molar-refractivity contribution >= 4 is 5.78 Å². The molecule has 3 N–H and O–H groups in total. The maximum Gasteiger partial charge on any atom is 0.177 e. The molecule has 0 bridgehead atoms. The maximum absolute atomic E-state index is 12.9. The van der Waals surface area contributed by atoms with Crippen LogP contribution in [0.1, 0.15) is 41.3 Å². The third-order valence-electron chi connectivity index (χ3n) is 4.32. The molecule has 5 heteroatoms. The molecule has 0 radical (unpaired) electrons. The van der Waals surface area contributed by atoms with Gasteiger partial charge in [0.1, 0.15) is 29.6 Å². The molecule has 1 aliphatic rings. The molecule has 0 unspecified atom stereocenters. The predicted molar refractivity (Wildman–Crippen MR) is 93.6 cm³/mol. The molecule has 1 atom stereocenters. The van der Waals surface area contributed by atoms with Gasteiger partial charge in [0.25, 0.3) is 0 Å². The van der Waals surface area contributed by atoms with Crippen molar-refractivity contribution in [2.45, 2.75) is 26.2 Å². The topological polar surface area (TPSA) is 87.0 Å². The Bertz CT molecular complexity index is 863. The van der Waals surface area contributed by atoms with E-state index < -0.39 is 5.92 Å². The lowest BCUT2D eigenvalue weighted by molar-refractivity contribution is 0.0892. The van der Waals surface area contributed by atoms with Gasteiger partial charge in [-0.3, -0.25) is 4.79 Å². The first-order valence-electron chi connectivity index (χ1n) is 8.05. The van der Waals surface area contributed by atoms with E-state index in [2.05, 4.69) is 0 Å². The smallest absolute Gasteiger partial charge is 0.177 e. The zero-order valence-corrected chi connectivity index (χ0v) is 14.1. The van der Waals surface area contributed by atoms with E-state index in [1.165, 1.54) is 24.3 Å². The molecule has 0 saturated heterocycles. The molecule has 130 valence electrons. The van der Waals surface area contributed by atoms with Crippen molar-refractivity contribution in [3.63, 3.8) is 0 Å². The first kappa shape index (κ1) is 16.9. The van der Waals surface area contributed by atoms with Crippen molar-refractivity contribution < 1.29 is 24.9 Å². The fourth-order valence-electron chi connectivity index (χ4n) is 2.97. The third kappa shape index (κ3) is 3.18. The summed E-state index contributed by atoms with van der Waals surface area (Å²) in [4.78, 5) is 12.9. The second-order valence-electron chi connectivity index (χ2n) is 6.40. The van der Waals surface area contributed by atoms with E-state index in [9.17, 15) is 20.1 Å². The number of carbonyl (C=O) groups excluding carboxylic acids is 1. The molecule has 0 fully saturated rings. The second kappa shape index (κ2) is 6.51. The van der Waals surface area contributed by atoms with Gasteiger partial charge >= 0.3 is 0 Å². The van der Waals surface area contributed by atoms with Crippen LogP contribution in [0.15, 0.2) is 42.0 Å². The predicted octanol–water partition coefficient (Wildman–Crippen LogP) is 3.67. The van der Waals surface area contributed by atoms with Gasteiger partial charge in [0.15, 0.2) is 5.78 Å². The van der Waals surface area contributed by atoms with Crippen LogP contribution in [0.3, 0.4) is 0 Å². The normalized spacial score (nSPS) is 16.1. The molecule has 1 heterocycles. The lowest BCUT2D eigenvalue weighted by Gasteiger charge is -2.27. The highest BCUT2D eigenvalue weighted by molar-refractivity contribution is 6.05. The summed E-state index contributed by atoms with van der Waals surface area (Å²) in [5, 5.41) is 29.6. The Morgan fingerprint density at radius 1 is 1.16 bits per heavy atom. The van der Waals surface area contributed by atoms with Crippen LogP contribution in [-0.2, 0) is 6.42 Å². The van der Waals surface area contributed by atoms with Crippen molar-refractivity contribution in [2.24, 2.45) is 0 Å². The lowest BCUT2D eigenvalue weighted by atomic mass is 9.87. The Labute approximate surface area is 145 Å². The van der Waals surface area contributed by atoms with Gasteiger partial charge in [0, 0.05) is 17.2 Å². The van der Waals surface area contributed by atoms with E-state index in [1.54, 1.807) is 6.07 Å². The van der Waals surface area contributed by atoms with Crippen LogP contribution >= 0.6 is 0 Å². The monoisotopic (exact) mass is 340 g/mol. The molecular weight excluding hydrogens is 320 g/mol. The van der Waals surface area contributed by atoms with E-state index in [0.29, 0.717) is 28.9 Å².